The largest absolute Gasteiger partial charge is 0.462 e. The van der Waals surface area contributed by atoms with Gasteiger partial charge in [-0.25, -0.2) is 0 Å². The number of rotatable bonds is 65. The van der Waals surface area contributed by atoms with Crippen molar-refractivity contribution in [2.24, 2.45) is 0 Å². The second-order valence-electron chi connectivity index (χ2n) is 23.8. The molecule has 0 saturated carbocycles. The van der Waals surface area contributed by atoms with Gasteiger partial charge in [0.05, 0.1) is 0 Å². The molecule has 0 aromatic rings. The van der Waals surface area contributed by atoms with Gasteiger partial charge in [0.1, 0.15) is 13.2 Å². The molecule has 0 heterocycles. The molecule has 1 unspecified atom stereocenters. The maximum Gasteiger partial charge on any atom is 0.306 e. The summed E-state index contributed by atoms with van der Waals surface area (Å²) < 4.78 is 17.0. The van der Waals surface area contributed by atoms with Crippen LogP contribution in [0.15, 0.2) is 24.3 Å². The van der Waals surface area contributed by atoms with E-state index in [9.17, 15) is 14.4 Å². The van der Waals surface area contributed by atoms with Crippen LogP contribution in [0.1, 0.15) is 393 Å². The molecular formula is C71H134O6. The highest BCUT2D eigenvalue weighted by Crippen LogP contribution is 2.19. The maximum atomic E-state index is 12.9. The van der Waals surface area contributed by atoms with Gasteiger partial charge in [0.15, 0.2) is 6.10 Å². The summed E-state index contributed by atoms with van der Waals surface area (Å²) in [6, 6.07) is 0. The fourth-order valence-electron chi connectivity index (χ4n) is 10.7. The Bertz CT molecular complexity index is 1240. The number of ether oxygens (including phenoxy) is 3. The predicted molar refractivity (Wildman–Crippen MR) is 335 cm³/mol. The molecule has 0 spiro atoms. The maximum absolute atomic E-state index is 12.9. The fourth-order valence-corrected chi connectivity index (χ4v) is 10.7. The molecule has 1 atom stereocenters. The highest BCUT2D eigenvalue weighted by Gasteiger charge is 2.19. The van der Waals surface area contributed by atoms with Gasteiger partial charge in [-0.2, -0.15) is 0 Å². The summed E-state index contributed by atoms with van der Waals surface area (Å²) in [5, 5.41) is 0. The van der Waals surface area contributed by atoms with Crippen LogP contribution in [0.4, 0.5) is 0 Å². The molecule has 0 aliphatic carbocycles. The first-order valence-electron chi connectivity index (χ1n) is 34.8. The fraction of sp³-hybridized carbons (Fsp3) is 0.901. The molecule has 454 valence electrons. The lowest BCUT2D eigenvalue weighted by atomic mass is 10.0. The van der Waals surface area contributed by atoms with E-state index in [4.69, 9.17) is 14.2 Å². The van der Waals surface area contributed by atoms with E-state index in [-0.39, 0.29) is 31.1 Å². The van der Waals surface area contributed by atoms with Gasteiger partial charge in [0, 0.05) is 19.3 Å². The third-order valence-corrected chi connectivity index (χ3v) is 16.0. The van der Waals surface area contributed by atoms with Crippen molar-refractivity contribution in [2.75, 3.05) is 13.2 Å². The molecule has 0 saturated heterocycles. The van der Waals surface area contributed by atoms with Crippen LogP contribution < -0.4 is 0 Å². The van der Waals surface area contributed by atoms with Crippen LogP contribution in [0.5, 0.6) is 0 Å². The third kappa shape index (κ3) is 64.6. The molecule has 6 heteroatoms. The molecule has 0 radical (unpaired) electrons. The molecule has 77 heavy (non-hydrogen) atoms. The monoisotopic (exact) mass is 1080 g/mol. The van der Waals surface area contributed by atoms with Crippen LogP contribution in [0.25, 0.3) is 0 Å². The zero-order valence-electron chi connectivity index (χ0n) is 52.3. The first-order chi connectivity index (χ1) is 38.0. The molecule has 0 fully saturated rings. The summed E-state index contributed by atoms with van der Waals surface area (Å²) in [6.45, 7) is 6.69. The van der Waals surface area contributed by atoms with Gasteiger partial charge in [-0.15, -0.1) is 0 Å². The molecule has 0 rings (SSSR count). The molecule has 0 aliphatic rings. The van der Waals surface area contributed by atoms with Crippen LogP contribution in [0, 0.1) is 0 Å². The average Bonchev–Trinajstić information content (AvgIpc) is 3.43. The van der Waals surface area contributed by atoms with Gasteiger partial charge >= 0.3 is 17.9 Å². The van der Waals surface area contributed by atoms with Crippen LogP contribution in [-0.2, 0) is 28.6 Å². The number of esters is 3. The smallest absolute Gasteiger partial charge is 0.306 e. The number of carbonyl (C=O) groups is 3. The van der Waals surface area contributed by atoms with Crippen molar-refractivity contribution in [1.82, 2.24) is 0 Å². The topological polar surface area (TPSA) is 78.9 Å². The van der Waals surface area contributed by atoms with Crippen molar-refractivity contribution >= 4 is 17.9 Å². The standard InChI is InChI=1S/C71H134O6/c1-4-7-10-13-16-19-22-25-28-30-31-32-33-34-35-36-37-38-39-41-43-46-49-52-55-58-61-64-70(73)76-67-68(66-75-69(72)63-60-57-54-51-48-45-42-27-24-21-18-15-12-9-6-3)77-71(74)65-62-59-56-53-50-47-44-40-29-26-23-20-17-14-11-8-5-2/h17,20,26,29,68H,4-16,18-19,21-25,27-28,30-67H2,1-3H3/b20-17-,29-26-. The van der Waals surface area contributed by atoms with Crippen molar-refractivity contribution in [2.45, 2.75) is 399 Å². The van der Waals surface area contributed by atoms with Gasteiger partial charge in [0.25, 0.3) is 0 Å². The first-order valence-corrected chi connectivity index (χ1v) is 34.8. The second kappa shape index (κ2) is 66.4. The van der Waals surface area contributed by atoms with Gasteiger partial charge in [-0.1, -0.05) is 347 Å². The van der Waals surface area contributed by atoms with E-state index in [0.717, 1.165) is 70.6 Å². The molecule has 6 nitrogen and oxygen atoms in total. The predicted octanol–water partition coefficient (Wildman–Crippen LogP) is 23.8. The first kappa shape index (κ1) is 74.9. The van der Waals surface area contributed by atoms with E-state index in [1.165, 1.54) is 283 Å². The average molecular weight is 1080 g/mol. The van der Waals surface area contributed by atoms with Gasteiger partial charge < -0.3 is 14.2 Å². The Morgan fingerprint density at radius 2 is 0.468 bits per heavy atom. The Balaban J connectivity index is 4.21. The normalized spacial score (nSPS) is 12.1. The lowest BCUT2D eigenvalue weighted by Crippen LogP contribution is -2.30. The molecule has 0 aromatic heterocycles. The van der Waals surface area contributed by atoms with Crippen molar-refractivity contribution in [1.29, 1.82) is 0 Å². The van der Waals surface area contributed by atoms with Gasteiger partial charge in [-0.05, 0) is 51.4 Å². The van der Waals surface area contributed by atoms with Gasteiger partial charge in [0.2, 0.25) is 0 Å². The van der Waals surface area contributed by atoms with Crippen LogP contribution >= 0.6 is 0 Å². The van der Waals surface area contributed by atoms with E-state index in [1.807, 2.05) is 0 Å². The molecule has 0 N–H and O–H groups in total. The minimum absolute atomic E-state index is 0.0682. The SMILES string of the molecule is CCCCC/C=C\C/C=C\CCCCCCCCCC(=O)OC(COC(=O)CCCCCCCCCCCCCCCCC)COC(=O)CCCCCCCCCCCCCCCCCCCCCCCCCCCCC. The van der Waals surface area contributed by atoms with Crippen LogP contribution in [0.3, 0.4) is 0 Å². The Hall–Kier alpha value is -2.11. The summed E-state index contributed by atoms with van der Waals surface area (Å²) in [7, 11) is 0. The van der Waals surface area contributed by atoms with E-state index in [2.05, 4.69) is 45.1 Å². The quantitative estimate of drug-likeness (QED) is 0.0261. The lowest BCUT2D eigenvalue weighted by Gasteiger charge is -2.18. The number of allylic oxidation sites excluding steroid dienone is 4. The van der Waals surface area contributed by atoms with Crippen molar-refractivity contribution in [3.05, 3.63) is 24.3 Å². The highest BCUT2D eigenvalue weighted by molar-refractivity contribution is 5.71. The number of carbonyl (C=O) groups excluding carboxylic acids is 3. The number of hydrogen-bond donors (Lipinski definition) is 0. The molecule has 0 amide bonds. The lowest BCUT2D eigenvalue weighted by molar-refractivity contribution is -0.167. The summed E-state index contributed by atoms with van der Waals surface area (Å²) >= 11 is 0. The summed E-state index contributed by atoms with van der Waals surface area (Å²) in [5.41, 5.74) is 0. The van der Waals surface area contributed by atoms with Crippen molar-refractivity contribution in [3.8, 4) is 0 Å². The number of unbranched alkanes of at least 4 members (excludes halogenated alkanes) is 50. The Morgan fingerprint density at radius 3 is 0.740 bits per heavy atom. The van der Waals surface area contributed by atoms with E-state index in [1.54, 1.807) is 0 Å². The summed E-state index contributed by atoms with van der Waals surface area (Å²) in [6.07, 6.45) is 80.6. The van der Waals surface area contributed by atoms with Gasteiger partial charge in [-0.3, -0.25) is 14.4 Å². The summed E-state index contributed by atoms with van der Waals surface area (Å²) in [4.78, 5) is 38.4. The summed E-state index contributed by atoms with van der Waals surface area (Å²) in [5.74, 6) is -0.845. The minimum atomic E-state index is -0.772. The zero-order chi connectivity index (χ0) is 55.7. The second-order valence-corrected chi connectivity index (χ2v) is 23.8. The van der Waals surface area contributed by atoms with E-state index in [0.29, 0.717) is 19.3 Å². The molecule has 0 aliphatic heterocycles. The Labute approximate surface area is 481 Å². The zero-order valence-corrected chi connectivity index (χ0v) is 52.3. The minimum Gasteiger partial charge on any atom is -0.462 e. The Morgan fingerprint density at radius 1 is 0.260 bits per heavy atom. The number of hydrogen-bond acceptors (Lipinski definition) is 6. The molecular weight excluding hydrogens is 949 g/mol. The van der Waals surface area contributed by atoms with E-state index < -0.39 is 6.10 Å². The van der Waals surface area contributed by atoms with Crippen LogP contribution in [-0.4, -0.2) is 37.2 Å². The highest BCUT2D eigenvalue weighted by atomic mass is 16.6. The van der Waals surface area contributed by atoms with E-state index >= 15 is 0 Å². The van der Waals surface area contributed by atoms with Crippen molar-refractivity contribution < 1.29 is 28.6 Å². The third-order valence-electron chi connectivity index (χ3n) is 16.0. The van der Waals surface area contributed by atoms with Crippen molar-refractivity contribution in [3.63, 3.8) is 0 Å². The Kier molecular flexibility index (Phi) is 64.6. The molecule has 0 aromatic carbocycles. The van der Waals surface area contributed by atoms with Crippen LogP contribution in [0.2, 0.25) is 0 Å². The molecule has 0 bridgehead atoms.